The Labute approximate surface area is 150 Å². The smallest absolute Gasteiger partial charge is 0.236 e. The first-order valence-corrected chi connectivity index (χ1v) is 10.0. The number of hydrogen-bond acceptors (Lipinski definition) is 4. The van der Waals surface area contributed by atoms with Crippen LogP contribution in [0.25, 0.3) is 0 Å². The molecule has 0 N–H and O–H groups in total. The van der Waals surface area contributed by atoms with Gasteiger partial charge in [-0.2, -0.15) is 0 Å². The van der Waals surface area contributed by atoms with Crippen molar-refractivity contribution < 1.29 is 14.3 Å². The maximum Gasteiger partial charge on any atom is 0.236 e. The molecule has 25 heavy (non-hydrogen) atoms. The van der Waals surface area contributed by atoms with Crippen LogP contribution in [0.5, 0.6) is 0 Å². The van der Waals surface area contributed by atoms with Gasteiger partial charge in [-0.1, -0.05) is 6.42 Å². The topological polar surface area (TPSA) is 53.1 Å². The van der Waals surface area contributed by atoms with E-state index in [1.807, 2.05) is 4.90 Å². The van der Waals surface area contributed by atoms with Crippen LogP contribution in [0, 0.1) is 11.3 Å². The lowest BCUT2D eigenvalue weighted by Gasteiger charge is -2.42. The summed E-state index contributed by atoms with van der Waals surface area (Å²) in [7, 11) is 0. The highest BCUT2D eigenvalue weighted by Crippen LogP contribution is 2.41. The highest BCUT2D eigenvalue weighted by molar-refractivity contribution is 5.84. The van der Waals surface area contributed by atoms with Gasteiger partial charge < -0.3 is 14.5 Å². The lowest BCUT2D eigenvalue weighted by atomic mass is 9.77. The maximum absolute atomic E-state index is 13.1. The number of likely N-dealkylation sites (tertiary alicyclic amines) is 2. The molecular formula is C19H31N3O3. The molecule has 1 saturated carbocycles. The van der Waals surface area contributed by atoms with E-state index in [0.717, 1.165) is 51.4 Å². The Kier molecular flexibility index (Phi) is 5.00. The first-order valence-electron chi connectivity index (χ1n) is 10.0. The number of amides is 2. The Morgan fingerprint density at radius 3 is 2.60 bits per heavy atom. The molecule has 2 amide bonds. The molecular weight excluding hydrogens is 318 g/mol. The molecule has 1 atom stereocenters. The molecule has 0 aromatic heterocycles. The summed E-state index contributed by atoms with van der Waals surface area (Å²) in [4.78, 5) is 31.9. The van der Waals surface area contributed by atoms with Gasteiger partial charge in [0.1, 0.15) is 0 Å². The van der Waals surface area contributed by atoms with E-state index in [2.05, 4.69) is 9.80 Å². The fourth-order valence-corrected chi connectivity index (χ4v) is 4.89. The predicted molar refractivity (Wildman–Crippen MR) is 94.0 cm³/mol. The number of nitrogens with zero attached hydrogens (tertiary/aromatic N) is 3. The van der Waals surface area contributed by atoms with E-state index in [4.69, 9.17) is 4.74 Å². The van der Waals surface area contributed by atoms with E-state index in [9.17, 15) is 9.59 Å². The molecule has 4 rings (SSSR count). The van der Waals surface area contributed by atoms with Gasteiger partial charge in [-0.05, 0) is 44.6 Å². The molecule has 0 radical (unpaired) electrons. The second-order valence-corrected chi connectivity index (χ2v) is 8.39. The van der Waals surface area contributed by atoms with Crippen LogP contribution in [-0.2, 0) is 14.3 Å². The van der Waals surface area contributed by atoms with Crippen molar-refractivity contribution in [3.05, 3.63) is 0 Å². The summed E-state index contributed by atoms with van der Waals surface area (Å²) in [6, 6.07) is 0. The van der Waals surface area contributed by atoms with Crippen LogP contribution >= 0.6 is 0 Å². The molecule has 6 heteroatoms. The van der Waals surface area contributed by atoms with E-state index >= 15 is 0 Å². The van der Waals surface area contributed by atoms with Crippen LogP contribution in [0.2, 0.25) is 0 Å². The molecule has 4 fully saturated rings. The van der Waals surface area contributed by atoms with Crippen molar-refractivity contribution >= 4 is 11.8 Å². The minimum absolute atomic E-state index is 0.190. The van der Waals surface area contributed by atoms with Crippen LogP contribution in [0.3, 0.4) is 0 Å². The fraction of sp³-hybridized carbons (Fsp3) is 0.895. The van der Waals surface area contributed by atoms with Gasteiger partial charge in [0.05, 0.1) is 25.2 Å². The third-order valence-corrected chi connectivity index (χ3v) is 6.68. The Balaban J connectivity index is 1.33. The zero-order chi connectivity index (χ0) is 17.3. The van der Waals surface area contributed by atoms with Crippen molar-refractivity contribution in [1.29, 1.82) is 0 Å². The van der Waals surface area contributed by atoms with Crippen molar-refractivity contribution in [3.63, 3.8) is 0 Å². The number of rotatable bonds is 4. The standard InChI is InChI=1S/C19H31N3O3/c23-17(21-9-11-25-12-10-21)14-20-8-6-19(15-20)5-2-7-22(18(19)24)13-16-3-1-4-16/h16H,1-15H2/t19-/m0/s1. The van der Waals surface area contributed by atoms with Gasteiger partial charge in [-0.15, -0.1) is 0 Å². The van der Waals surface area contributed by atoms with E-state index in [1.54, 1.807) is 0 Å². The zero-order valence-electron chi connectivity index (χ0n) is 15.3. The Morgan fingerprint density at radius 1 is 1.08 bits per heavy atom. The molecule has 6 nitrogen and oxygen atoms in total. The third kappa shape index (κ3) is 3.56. The minimum atomic E-state index is -0.215. The molecule has 1 spiro atoms. The molecule has 3 aliphatic heterocycles. The summed E-state index contributed by atoms with van der Waals surface area (Å²) in [5.41, 5.74) is -0.215. The van der Waals surface area contributed by atoms with Crippen LogP contribution in [0.4, 0.5) is 0 Å². The number of carbonyl (C=O) groups is 2. The highest BCUT2D eigenvalue weighted by atomic mass is 16.5. The van der Waals surface area contributed by atoms with Gasteiger partial charge in [0.15, 0.2) is 0 Å². The summed E-state index contributed by atoms with van der Waals surface area (Å²) in [5.74, 6) is 1.29. The van der Waals surface area contributed by atoms with Crippen LogP contribution in [0.1, 0.15) is 38.5 Å². The highest BCUT2D eigenvalue weighted by Gasteiger charge is 2.48. The second-order valence-electron chi connectivity index (χ2n) is 8.39. The van der Waals surface area contributed by atoms with E-state index in [-0.39, 0.29) is 11.3 Å². The van der Waals surface area contributed by atoms with Gasteiger partial charge in [0.25, 0.3) is 0 Å². The average Bonchev–Trinajstić information content (AvgIpc) is 2.99. The first kappa shape index (κ1) is 17.3. The molecule has 0 aromatic rings. The molecule has 3 heterocycles. The van der Waals surface area contributed by atoms with Gasteiger partial charge in [0.2, 0.25) is 11.8 Å². The minimum Gasteiger partial charge on any atom is -0.378 e. The second kappa shape index (κ2) is 7.23. The van der Waals surface area contributed by atoms with E-state index < -0.39 is 0 Å². The Hall–Kier alpha value is -1.14. The van der Waals surface area contributed by atoms with Crippen LogP contribution < -0.4 is 0 Å². The molecule has 1 aliphatic carbocycles. The average molecular weight is 349 g/mol. The van der Waals surface area contributed by atoms with E-state index in [1.165, 1.54) is 19.3 Å². The van der Waals surface area contributed by atoms with Crippen molar-refractivity contribution in [3.8, 4) is 0 Å². The fourth-order valence-electron chi connectivity index (χ4n) is 4.89. The summed E-state index contributed by atoms with van der Waals surface area (Å²) >= 11 is 0. The largest absolute Gasteiger partial charge is 0.378 e. The van der Waals surface area contributed by atoms with Crippen LogP contribution in [-0.4, -0.2) is 85.5 Å². The number of morpholine rings is 1. The summed E-state index contributed by atoms with van der Waals surface area (Å²) in [5, 5.41) is 0. The lowest BCUT2D eigenvalue weighted by Crippen LogP contribution is -2.52. The molecule has 0 unspecified atom stereocenters. The van der Waals surface area contributed by atoms with Crippen molar-refractivity contribution in [2.24, 2.45) is 11.3 Å². The van der Waals surface area contributed by atoms with Gasteiger partial charge in [-0.3, -0.25) is 14.5 Å². The van der Waals surface area contributed by atoms with Crippen LogP contribution in [0.15, 0.2) is 0 Å². The zero-order valence-corrected chi connectivity index (χ0v) is 15.3. The third-order valence-electron chi connectivity index (χ3n) is 6.68. The lowest BCUT2D eigenvalue weighted by molar-refractivity contribution is -0.147. The SMILES string of the molecule is O=C(CN1CC[C@@]2(CCCN(CC3CCC3)C2=O)C1)N1CCOCC1. The van der Waals surface area contributed by atoms with Crippen molar-refractivity contribution in [2.45, 2.75) is 38.5 Å². The molecule has 0 aromatic carbocycles. The Morgan fingerprint density at radius 2 is 1.88 bits per heavy atom. The Bertz CT molecular complexity index is 516. The summed E-state index contributed by atoms with van der Waals surface area (Å²) in [6.45, 7) is 6.68. The number of carbonyl (C=O) groups excluding carboxylic acids is 2. The van der Waals surface area contributed by atoms with Gasteiger partial charge in [0, 0.05) is 32.7 Å². The monoisotopic (exact) mass is 349 g/mol. The summed E-state index contributed by atoms with van der Waals surface area (Å²) in [6.07, 6.45) is 6.94. The molecule has 3 saturated heterocycles. The maximum atomic E-state index is 13.1. The van der Waals surface area contributed by atoms with Gasteiger partial charge >= 0.3 is 0 Å². The molecule has 140 valence electrons. The molecule has 0 bridgehead atoms. The van der Waals surface area contributed by atoms with Crippen molar-refractivity contribution in [2.75, 3.05) is 59.0 Å². The molecule has 4 aliphatic rings. The quantitative estimate of drug-likeness (QED) is 0.759. The van der Waals surface area contributed by atoms with E-state index in [0.29, 0.717) is 38.8 Å². The summed E-state index contributed by atoms with van der Waals surface area (Å²) < 4.78 is 5.32. The first-order chi connectivity index (χ1) is 12.2. The number of piperidine rings is 1. The van der Waals surface area contributed by atoms with Crippen molar-refractivity contribution in [1.82, 2.24) is 14.7 Å². The van der Waals surface area contributed by atoms with Gasteiger partial charge in [-0.25, -0.2) is 0 Å². The number of hydrogen-bond donors (Lipinski definition) is 0. The number of ether oxygens (including phenoxy) is 1. The normalized spacial score (nSPS) is 31.6. The predicted octanol–water partition coefficient (Wildman–Crippen LogP) is 0.960.